The highest BCUT2D eigenvalue weighted by Gasteiger charge is 2.26. The van der Waals surface area contributed by atoms with E-state index in [1.54, 1.807) is 0 Å². The molecule has 0 radical (unpaired) electrons. The zero-order valence-electron chi connectivity index (χ0n) is 28.3. The fourth-order valence-electron chi connectivity index (χ4n) is 8.73. The Morgan fingerprint density at radius 2 is 0.962 bits per heavy atom. The lowest BCUT2D eigenvalue weighted by Gasteiger charge is -2.20. The predicted molar refractivity (Wildman–Crippen MR) is 227 cm³/mol. The Morgan fingerprint density at radius 3 is 1.71 bits per heavy atom. The summed E-state index contributed by atoms with van der Waals surface area (Å²) in [6.07, 6.45) is 4.50. The number of aromatic nitrogens is 3. The van der Waals surface area contributed by atoms with Crippen LogP contribution in [0.4, 0.5) is 0 Å². The van der Waals surface area contributed by atoms with Crippen LogP contribution >= 0.6 is 22.9 Å². The van der Waals surface area contributed by atoms with E-state index in [1.807, 2.05) is 0 Å². The zero-order valence-corrected chi connectivity index (χ0v) is 30.5. The number of allylic oxidation sites excluding steroid dienone is 1. The van der Waals surface area contributed by atoms with Gasteiger partial charge in [0.2, 0.25) is 0 Å². The molecule has 0 unspecified atom stereocenters. The summed E-state index contributed by atoms with van der Waals surface area (Å²) in [4.78, 5) is 0. The van der Waals surface area contributed by atoms with Gasteiger partial charge in [0.1, 0.15) is 0 Å². The molecule has 0 amide bonds. The van der Waals surface area contributed by atoms with Crippen molar-refractivity contribution < 1.29 is 0 Å². The summed E-state index contributed by atoms with van der Waals surface area (Å²) in [6.45, 7) is 0. The standard InChI is InChI=1S/C48H32IN3/c49-52-45-21-10-8-16-37(45)39-25-22-32(30-47(39)52)31-23-26-40-41-19-11-18-36(48(41)51(46(40)29-31)35-14-5-2-6-15-35)33-24-27-44-42(28-33)38-17-7-9-20-43(38)50(44)34-12-3-1-4-13-34/h1-10,12-18,20-30H,11,19H2. The van der Waals surface area contributed by atoms with E-state index in [2.05, 4.69) is 205 Å². The van der Waals surface area contributed by atoms with E-state index in [9.17, 15) is 0 Å². The van der Waals surface area contributed by atoms with E-state index < -0.39 is 0 Å². The summed E-state index contributed by atoms with van der Waals surface area (Å²) in [5, 5.41) is 6.46. The molecule has 11 rings (SSSR count). The van der Waals surface area contributed by atoms with E-state index in [0.29, 0.717) is 0 Å². The van der Waals surface area contributed by atoms with Crippen LogP contribution in [-0.2, 0) is 6.42 Å². The minimum Gasteiger partial charge on any atom is -0.309 e. The summed E-state index contributed by atoms with van der Waals surface area (Å²) in [5.74, 6) is 0. The summed E-state index contributed by atoms with van der Waals surface area (Å²) in [7, 11) is 0. The Hall–Kier alpha value is -5.85. The van der Waals surface area contributed by atoms with Crippen molar-refractivity contribution in [1.29, 1.82) is 0 Å². The fraction of sp³-hybridized carbons (Fsp3) is 0.0417. The molecule has 0 saturated heterocycles. The van der Waals surface area contributed by atoms with Gasteiger partial charge in [-0.2, -0.15) is 0 Å². The Morgan fingerprint density at radius 1 is 0.404 bits per heavy atom. The maximum absolute atomic E-state index is 2.52. The molecule has 10 aromatic rings. The van der Waals surface area contributed by atoms with E-state index in [4.69, 9.17) is 0 Å². The summed E-state index contributed by atoms with van der Waals surface area (Å²) in [6, 6.07) is 60.2. The number of benzene rings is 7. The molecular weight excluding hydrogens is 745 g/mol. The molecule has 52 heavy (non-hydrogen) atoms. The van der Waals surface area contributed by atoms with Crippen molar-refractivity contribution in [3.63, 3.8) is 0 Å². The molecule has 0 spiro atoms. The Bertz CT molecular complexity index is 3070. The molecule has 246 valence electrons. The summed E-state index contributed by atoms with van der Waals surface area (Å²) >= 11 is 2.45. The minimum atomic E-state index is 1.01. The summed E-state index contributed by atoms with van der Waals surface area (Å²) < 4.78 is 7.21. The van der Waals surface area contributed by atoms with Crippen LogP contribution in [-0.4, -0.2) is 11.9 Å². The molecular formula is C48H32IN3. The SMILES string of the molecule is In1c2ccccc2c2ccc(-c3ccc4c5c(n(-c6ccccc6)c4c3)C(c3ccc4c(c3)c3ccccc3n4-c3ccccc3)=CCC5)cc21. The first kappa shape index (κ1) is 29.8. The molecule has 1 aliphatic rings. The van der Waals surface area contributed by atoms with Crippen LogP contribution in [0.3, 0.4) is 0 Å². The molecule has 0 aliphatic heterocycles. The molecule has 3 aromatic heterocycles. The predicted octanol–water partition coefficient (Wildman–Crippen LogP) is 13.1. The van der Waals surface area contributed by atoms with Crippen LogP contribution < -0.4 is 0 Å². The second-order valence-electron chi connectivity index (χ2n) is 13.8. The second kappa shape index (κ2) is 11.6. The molecule has 0 fully saturated rings. The first-order chi connectivity index (χ1) is 25.7. The van der Waals surface area contributed by atoms with Crippen molar-refractivity contribution >= 4 is 83.0 Å². The Kier molecular flexibility index (Phi) is 6.65. The van der Waals surface area contributed by atoms with Crippen LogP contribution in [0, 0.1) is 0 Å². The second-order valence-corrected chi connectivity index (χ2v) is 14.8. The van der Waals surface area contributed by atoms with Crippen molar-refractivity contribution in [3.8, 4) is 22.5 Å². The maximum Gasteiger partial charge on any atom is 0.0646 e. The van der Waals surface area contributed by atoms with Gasteiger partial charge in [0.05, 0.1) is 56.1 Å². The van der Waals surface area contributed by atoms with E-state index in [-0.39, 0.29) is 0 Å². The third-order valence-corrected chi connectivity index (χ3v) is 12.1. The quantitative estimate of drug-likeness (QED) is 0.158. The fourth-order valence-corrected chi connectivity index (χ4v) is 9.55. The van der Waals surface area contributed by atoms with Crippen LogP contribution in [0.5, 0.6) is 0 Å². The third kappa shape index (κ3) is 4.37. The van der Waals surface area contributed by atoms with Gasteiger partial charge in [-0.05, 0) is 95.8 Å². The van der Waals surface area contributed by atoms with E-state index in [1.165, 1.54) is 99.4 Å². The lowest BCUT2D eigenvalue weighted by molar-refractivity contribution is 0.956. The molecule has 4 heteroatoms. The number of rotatable bonds is 4. The molecule has 7 aromatic carbocycles. The highest BCUT2D eigenvalue weighted by Crippen LogP contribution is 2.43. The number of para-hydroxylation sites is 4. The molecule has 0 atom stereocenters. The molecule has 0 N–H and O–H groups in total. The topological polar surface area (TPSA) is 14.8 Å². The van der Waals surface area contributed by atoms with E-state index in [0.717, 1.165) is 12.8 Å². The van der Waals surface area contributed by atoms with Gasteiger partial charge in [-0.1, -0.05) is 109 Å². The van der Waals surface area contributed by atoms with Crippen molar-refractivity contribution in [2.45, 2.75) is 12.8 Å². The number of aryl methyl sites for hydroxylation is 1. The lowest BCUT2D eigenvalue weighted by atomic mass is 9.90. The minimum absolute atomic E-state index is 1.01. The maximum atomic E-state index is 2.52. The zero-order chi connectivity index (χ0) is 34.3. The van der Waals surface area contributed by atoms with Crippen LogP contribution in [0.2, 0.25) is 0 Å². The summed E-state index contributed by atoms with van der Waals surface area (Å²) in [5.41, 5.74) is 16.3. The number of halogens is 1. The van der Waals surface area contributed by atoms with Gasteiger partial charge in [-0.25, -0.2) is 0 Å². The van der Waals surface area contributed by atoms with Crippen LogP contribution in [0.15, 0.2) is 170 Å². The molecule has 0 saturated carbocycles. The Labute approximate surface area is 315 Å². The van der Waals surface area contributed by atoms with Crippen molar-refractivity contribution in [2.24, 2.45) is 0 Å². The number of fused-ring (bicyclic) bond motifs is 9. The number of nitrogens with zero attached hydrogens (tertiary/aromatic N) is 3. The Balaban J connectivity index is 1.12. The van der Waals surface area contributed by atoms with Crippen molar-refractivity contribution in [1.82, 2.24) is 11.9 Å². The molecule has 0 bridgehead atoms. The first-order valence-corrected chi connectivity index (χ1v) is 18.9. The molecule has 3 nitrogen and oxygen atoms in total. The largest absolute Gasteiger partial charge is 0.309 e. The molecule has 1 aliphatic carbocycles. The highest BCUT2D eigenvalue weighted by molar-refractivity contribution is 14.1. The van der Waals surface area contributed by atoms with Gasteiger partial charge in [-0.15, -0.1) is 0 Å². The first-order valence-electron chi connectivity index (χ1n) is 17.9. The van der Waals surface area contributed by atoms with Crippen molar-refractivity contribution in [3.05, 3.63) is 187 Å². The highest BCUT2D eigenvalue weighted by atomic mass is 127. The number of hydrogen-bond donors (Lipinski definition) is 0. The average Bonchev–Trinajstić information content (AvgIpc) is 3.83. The van der Waals surface area contributed by atoms with Gasteiger partial charge < -0.3 is 9.13 Å². The van der Waals surface area contributed by atoms with Gasteiger partial charge in [0, 0.05) is 43.9 Å². The van der Waals surface area contributed by atoms with Gasteiger partial charge in [0.25, 0.3) is 0 Å². The van der Waals surface area contributed by atoms with Gasteiger partial charge >= 0.3 is 0 Å². The molecule has 3 heterocycles. The van der Waals surface area contributed by atoms with Crippen LogP contribution in [0.1, 0.15) is 23.2 Å². The third-order valence-electron chi connectivity index (χ3n) is 11.0. The monoisotopic (exact) mass is 777 g/mol. The van der Waals surface area contributed by atoms with Gasteiger partial charge in [0.15, 0.2) is 0 Å². The van der Waals surface area contributed by atoms with Crippen molar-refractivity contribution in [2.75, 3.05) is 0 Å². The normalized spacial score (nSPS) is 13.1. The number of hydrogen-bond acceptors (Lipinski definition) is 0. The smallest absolute Gasteiger partial charge is 0.0646 e. The van der Waals surface area contributed by atoms with Crippen LogP contribution in [0.25, 0.3) is 82.6 Å². The van der Waals surface area contributed by atoms with E-state index >= 15 is 0 Å². The lowest BCUT2D eigenvalue weighted by Crippen LogP contribution is -2.06. The average molecular weight is 778 g/mol. The van der Waals surface area contributed by atoms with Gasteiger partial charge in [-0.3, -0.25) is 2.78 Å².